The standard InChI is InChI=1S/C15H23N4O8P/c1-17-12(21)5-3-2-4-9-7-19(15(22)18-14(9)16)13-6-10(11(8-20)26-13)27-28(23,24)25/h7,10-11,13-14,20H,3,5-6,8,16H2,1H3,(H,17,21)(H,18,22)(H2,23,24,25). The Hall–Kier alpha value is -1.97. The van der Waals surface area contributed by atoms with Crippen LogP contribution in [0.15, 0.2) is 11.8 Å². The van der Waals surface area contributed by atoms with Gasteiger partial charge < -0.3 is 36.0 Å². The number of nitrogens with two attached hydrogens (primary N) is 1. The molecule has 3 amide bonds. The Bertz CT molecular complexity index is 742. The Morgan fingerprint density at radius 3 is 2.89 bits per heavy atom. The number of hydrogen-bond acceptors (Lipinski definition) is 7. The second-order valence-corrected chi connectivity index (χ2v) is 7.27. The number of rotatable bonds is 6. The summed E-state index contributed by atoms with van der Waals surface area (Å²) in [6.45, 7) is -0.550. The summed E-state index contributed by atoms with van der Waals surface area (Å²) in [4.78, 5) is 42.5. The first-order chi connectivity index (χ1) is 13.1. The zero-order valence-corrected chi connectivity index (χ0v) is 16.0. The third kappa shape index (κ3) is 6.02. The second-order valence-electron chi connectivity index (χ2n) is 6.08. The number of phosphoric acid groups is 1. The van der Waals surface area contributed by atoms with E-state index in [9.17, 15) is 19.3 Å². The highest BCUT2D eigenvalue weighted by molar-refractivity contribution is 7.46. The molecule has 2 aliphatic rings. The summed E-state index contributed by atoms with van der Waals surface area (Å²) in [5.41, 5.74) is 6.21. The van der Waals surface area contributed by atoms with Gasteiger partial charge >= 0.3 is 13.9 Å². The average Bonchev–Trinajstić information content (AvgIpc) is 3.00. The van der Waals surface area contributed by atoms with E-state index < -0.39 is 45.1 Å². The lowest BCUT2D eigenvalue weighted by Crippen LogP contribution is -2.54. The number of nitrogens with one attached hydrogen (secondary N) is 2. The zero-order chi connectivity index (χ0) is 20.9. The van der Waals surface area contributed by atoms with E-state index in [1.165, 1.54) is 13.2 Å². The van der Waals surface area contributed by atoms with Crippen molar-refractivity contribution in [3.63, 3.8) is 0 Å². The van der Waals surface area contributed by atoms with Gasteiger partial charge in [-0.3, -0.25) is 14.2 Å². The van der Waals surface area contributed by atoms with Gasteiger partial charge in [-0.1, -0.05) is 11.8 Å². The van der Waals surface area contributed by atoms with Crippen LogP contribution in [-0.2, 0) is 18.6 Å². The minimum atomic E-state index is -4.80. The third-order valence-corrected chi connectivity index (χ3v) is 4.60. The van der Waals surface area contributed by atoms with E-state index >= 15 is 0 Å². The van der Waals surface area contributed by atoms with Gasteiger partial charge in [0.15, 0.2) is 0 Å². The quantitative estimate of drug-likeness (QED) is 0.216. The Morgan fingerprint density at radius 2 is 2.29 bits per heavy atom. The van der Waals surface area contributed by atoms with Gasteiger partial charge in [0.05, 0.1) is 12.2 Å². The van der Waals surface area contributed by atoms with E-state index in [1.807, 2.05) is 0 Å². The molecule has 0 saturated carbocycles. The summed E-state index contributed by atoms with van der Waals surface area (Å²) in [7, 11) is -3.28. The third-order valence-electron chi connectivity index (χ3n) is 4.06. The zero-order valence-electron chi connectivity index (χ0n) is 15.1. The number of amides is 3. The smallest absolute Gasteiger partial charge is 0.394 e. The van der Waals surface area contributed by atoms with E-state index in [4.69, 9.17) is 20.3 Å². The Balaban J connectivity index is 2.12. The fraction of sp³-hybridized carbons (Fsp3) is 0.600. The number of urea groups is 1. The van der Waals surface area contributed by atoms with E-state index in [1.54, 1.807) is 0 Å². The highest BCUT2D eigenvalue weighted by Gasteiger charge is 2.43. The first-order valence-electron chi connectivity index (χ1n) is 8.40. The van der Waals surface area contributed by atoms with Gasteiger partial charge in [-0.2, -0.15) is 0 Å². The lowest BCUT2D eigenvalue weighted by Gasteiger charge is -2.31. The molecule has 2 rings (SSSR count). The minimum Gasteiger partial charge on any atom is -0.394 e. The van der Waals surface area contributed by atoms with Gasteiger partial charge in [0, 0.05) is 32.5 Å². The molecule has 1 fully saturated rings. The van der Waals surface area contributed by atoms with Gasteiger partial charge in [-0.25, -0.2) is 9.36 Å². The van der Waals surface area contributed by atoms with Crippen molar-refractivity contribution in [2.24, 2.45) is 5.73 Å². The first kappa shape index (κ1) is 22.3. The molecule has 4 atom stereocenters. The molecule has 0 radical (unpaired) electrons. The minimum absolute atomic E-state index is 0.0765. The summed E-state index contributed by atoms with van der Waals surface area (Å²) in [5.74, 6) is 5.42. The van der Waals surface area contributed by atoms with Gasteiger partial charge in [-0.05, 0) is 0 Å². The number of hydrogen-bond donors (Lipinski definition) is 6. The van der Waals surface area contributed by atoms with Gasteiger partial charge in [0.2, 0.25) is 5.91 Å². The maximum Gasteiger partial charge on any atom is 0.469 e. The van der Waals surface area contributed by atoms with E-state index in [0.29, 0.717) is 12.0 Å². The molecule has 0 spiro atoms. The van der Waals surface area contributed by atoms with Crippen LogP contribution in [0.2, 0.25) is 0 Å². The molecule has 4 unspecified atom stereocenters. The van der Waals surface area contributed by atoms with E-state index in [-0.39, 0.29) is 18.7 Å². The molecule has 12 nitrogen and oxygen atoms in total. The summed E-state index contributed by atoms with van der Waals surface area (Å²) in [6.07, 6.45) is -2.11. The number of phosphoric ester groups is 1. The van der Waals surface area contributed by atoms with Crippen molar-refractivity contribution in [1.29, 1.82) is 0 Å². The fourth-order valence-corrected chi connectivity index (χ4v) is 3.26. The van der Waals surface area contributed by atoms with Crippen molar-refractivity contribution in [3.05, 3.63) is 11.8 Å². The molecular weight excluding hydrogens is 395 g/mol. The molecule has 156 valence electrons. The predicted octanol–water partition coefficient (Wildman–Crippen LogP) is -1.70. The number of aliphatic hydroxyl groups is 1. The number of aliphatic hydroxyl groups excluding tert-OH is 1. The van der Waals surface area contributed by atoms with Crippen LogP contribution in [0.4, 0.5) is 4.79 Å². The average molecular weight is 418 g/mol. The van der Waals surface area contributed by atoms with Gasteiger partial charge in [0.25, 0.3) is 0 Å². The summed E-state index contributed by atoms with van der Waals surface area (Å²) in [5, 5.41) is 14.3. The normalized spacial score (nSPS) is 27.5. The van der Waals surface area contributed by atoms with Crippen molar-refractivity contribution in [3.8, 4) is 11.8 Å². The van der Waals surface area contributed by atoms with E-state index in [0.717, 1.165) is 4.90 Å². The highest BCUT2D eigenvalue weighted by Crippen LogP contribution is 2.42. The number of carbonyl (C=O) groups is 2. The maximum absolute atomic E-state index is 12.2. The molecule has 0 aromatic rings. The fourth-order valence-electron chi connectivity index (χ4n) is 2.69. The van der Waals surface area contributed by atoms with Crippen LogP contribution in [0.1, 0.15) is 19.3 Å². The lowest BCUT2D eigenvalue weighted by atomic mass is 10.1. The number of ether oxygens (including phenoxy) is 1. The van der Waals surface area contributed by atoms with Crippen molar-refractivity contribution >= 4 is 19.8 Å². The molecule has 0 aliphatic carbocycles. The van der Waals surface area contributed by atoms with Crippen LogP contribution >= 0.6 is 7.82 Å². The molecule has 2 aliphatic heterocycles. The molecule has 1 saturated heterocycles. The second kappa shape index (κ2) is 9.49. The molecule has 13 heteroatoms. The molecular formula is C15H23N4O8P. The monoisotopic (exact) mass is 418 g/mol. The van der Waals surface area contributed by atoms with Gasteiger partial charge in [-0.15, -0.1) is 0 Å². The SMILES string of the molecule is CNC(=O)CCC#CC1=CN(C2CC(OP(=O)(O)O)C(CO)O2)C(=O)NC1N. The maximum atomic E-state index is 12.2. The Kier molecular flexibility index (Phi) is 7.56. The molecule has 0 aromatic heterocycles. The van der Waals surface area contributed by atoms with Gasteiger partial charge in [0.1, 0.15) is 24.6 Å². The molecule has 7 N–H and O–H groups in total. The summed E-state index contributed by atoms with van der Waals surface area (Å²) < 4.78 is 21.2. The Labute approximate surface area is 161 Å². The van der Waals surface area contributed by atoms with Crippen LogP contribution in [-0.4, -0.2) is 70.0 Å². The van der Waals surface area contributed by atoms with Crippen LogP contribution in [0.5, 0.6) is 0 Å². The number of carbonyl (C=O) groups excluding carboxylic acids is 2. The highest BCUT2D eigenvalue weighted by atomic mass is 31.2. The molecule has 0 bridgehead atoms. The predicted molar refractivity (Wildman–Crippen MR) is 94.8 cm³/mol. The first-order valence-corrected chi connectivity index (χ1v) is 9.93. The van der Waals surface area contributed by atoms with Crippen molar-refractivity contribution in [2.75, 3.05) is 13.7 Å². The Morgan fingerprint density at radius 1 is 1.57 bits per heavy atom. The lowest BCUT2D eigenvalue weighted by molar-refractivity contribution is -0.120. The number of nitrogens with zero attached hydrogens (tertiary/aromatic N) is 1. The topological polar surface area (TPSA) is 184 Å². The van der Waals surface area contributed by atoms with Crippen LogP contribution < -0.4 is 16.4 Å². The summed E-state index contributed by atoms with van der Waals surface area (Å²) >= 11 is 0. The largest absolute Gasteiger partial charge is 0.469 e. The summed E-state index contributed by atoms with van der Waals surface area (Å²) in [6, 6.07) is -0.595. The molecule has 0 aromatic carbocycles. The molecule has 2 heterocycles. The van der Waals surface area contributed by atoms with Crippen LogP contribution in [0.3, 0.4) is 0 Å². The van der Waals surface area contributed by atoms with Crippen molar-refractivity contribution < 1.29 is 38.3 Å². The van der Waals surface area contributed by atoms with Crippen molar-refractivity contribution in [1.82, 2.24) is 15.5 Å². The van der Waals surface area contributed by atoms with E-state index in [2.05, 4.69) is 27.0 Å². The van der Waals surface area contributed by atoms with Crippen LogP contribution in [0, 0.1) is 11.8 Å². The molecule has 28 heavy (non-hydrogen) atoms. The van der Waals surface area contributed by atoms with Crippen molar-refractivity contribution in [2.45, 2.75) is 43.9 Å². The van der Waals surface area contributed by atoms with Crippen LogP contribution in [0.25, 0.3) is 0 Å².